The number of amides is 2. The molecule has 2 amide bonds. The summed E-state index contributed by atoms with van der Waals surface area (Å²) in [5, 5.41) is 5.28. The molecular formula is C12H22N2O3. The molecule has 0 bridgehead atoms. The van der Waals surface area contributed by atoms with Crippen LogP contribution >= 0.6 is 0 Å². The molecule has 5 nitrogen and oxygen atoms in total. The Bertz CT molecular complexity index is 293. The Hall–Kier alpha value is -1.26. The molecule has 1 aliphatic carbocycles. The molecule has 0 aromatic heterocycles. The second-order valence-corrected chi connectivity index (χ2v) is 5.44. The number of carbonyl (C=O) groups is 2. The number of alkyl carbamates (subject to hydrolysis) is 1. The summed E-state index contributed by atoms with van der Waals surface area (Å²) in [6, 6.07) is 0. The molecule has 0 spiro atoms. The Morgan fingerprint density at radius 2 is 1.94 bits per heavy atom. The van der Waals surface area contributed by atoms with Crippen molar-refractivity contribution < 1.29 is 14.3 Å². The van der Waals surface area contributed by atoms with Crippen LogP contribution in [0.25, 0.3) is 0 Å². The zero-order chi connectivity index (χ0) is 13.1. The first-order valence-electron chi connectivity index (χ1n) is 6.02. The minimum absolute atomic E-state index is 0.0106. The van der Waals surface area contributed by atoms with E-state index in [-0.39, 0.29) is 11.8 Å². The Labute approximate surface area is 102 Å². The number of hydrogen-bond acceptors (Lipinski definition) is 3. The Kier molecular flexibility index (Phi) is 4.37. The summed E-state index contributed by atoms with van der Waals surface area (Å²) in [6.45, 7) is 5.77. The van der Waals surface area contributed by atoms with Crippen molar-refractivity contribution in [1.82, 2.24) is 10.6 Å². The van der Waals surface area contributed by atoms with Gasteiger partial charge < -0.3 is 15.4 Å². The standard InChI is InChI=1S/C12H22N2O3/c1-12(2,3)17-11(16)14-7-9(8-5-6-8)10(15)13-4/h8-9H,5-7H2,1-4H3,(H,13,15)(H,14,16)/t9-/m0/s1. The third-order valence-electron chi connectivity index (χ3n) is 2.64. The van der Waals surface area contributed by atoms with Gasteiger partial charge in [-0.05, 0) is 39.5 Å². The monoisotopic (exact) mass is 242 g/mol. The number of hydrogen-bond donors (Lipinski definition) is 2. The molecular weight excluding hydrogens is 220 g/mol. The van der Waals surface area contributed by atoms with E-state index in [1.807, 2.05) is 20.8 Å². The fourth-order valence-electron chi connectivity index (χ4n) is 1.66. The predicted molar refractivity (Wildman–Crippen MR) is 64.5 cm³/mol. The molecule has 0 saturated heterocycles. The van der Waals surface area contributed by atoms with Gasteiger partial charge in [-0.25, -0.2) is 4.79 Å². The molecule has 0 aromatic carbocycles. The van der Waals surface area contributed by atoms with E-state index in [0.717, 1.165) is 12.8 Å². The maximum atomic E-state index is 11.6. The maximum Gasteiger partial charge on any atom is 0.407 e. The Morgan fingerprint density at radius 1 is 1.35 bits per heavy atom. The topological polar surface area (TPSA) is 67.4 Å². The molecule has 17 heavy (non-hydrogen) atoms. The molecule has 98 valence electrons. The number of rotatable bonds is 4. The van der Waals surface area contributed by atoms with Crippen molar-refractivity contribution in [3.63, 3.8) is 0 Å². The minimum Gasteiger partial charge on any atom is -0.444 e. The summed E-state index contributed by atoms with van der Waals surface area (Å²) in [6.07, 6.45) is 1.66. The van der Waals surface area contributed by atoms with Gasteiger partial charge in [-0.15, -0.1) is 0 Å². The quantitative estimate of drug-likeness (QED) is 0.780. The average Bonchev–Trinajstić information content (AvgIpc) is 2.98. The first-order valence-corrected chi connectivity index (χ1v) is 6.02. The molecule has 5 heteroatoms. The van der Waals surface area contributed by atoms with Crippen LogP contribution in [0.1, 0.15) is 33.6 Å². The third kappa shape index (κ3) is 5.06. The zero-order valence-corrected chi connectivity index (χ0v) is 11.0. The number of carbonyl (C=O) groups excluding carboxylic acids is 2. The number of nitrogens with one attached hydrogen (secondary N) is 2. The van der Waals surface area contributed by atoms with Crippen LogP contribution in [0.4, 0.5) is 4.79 Å². The van der Waals surface area contributed by atoms with E-state index in [2.05, 4.69) is 10.6 Å². The van der Waals surface area contributed by atoms with Crippen molar-refractivity contribution in [1.29, 1.82) is 0 Å². The van der Waals surface area contributed by atoms with Crippen molar-refractivity contribution in [3.8, 4) is 0 Å². The van der Waals surface area contributed by atoms with Crippen molar-refractivity contribution in [3.05, 3.63) is 0 Å². The van der Waals surface area contributed by atoms with Gasteiger partial charge in [0.15, 0.2) is 0 Å². The summed E-state index contributed by atoms with van der Waals surface area (Å²) < 4.78 is 5.12. The van der Waals surface area contributed by atoms with Gasteiger partial charge in [0.05, 0.1) is 5.92 Å². The fraction of sp³-hybridized carbons (Fsp3) is 0.833. The first kappa shape index (κ1) is 13.8. The summed E-state index contributed by atoms with van der Waals surface area (Å²) in [5.41, 5.74) is -0.508. The van der Waals surface area contributed by atoms with Crippen LogP contribution in [0, 0.1) is 11.8 Å². The van der Waals surface area contributed by atoms with Gasteiger partial charge in [0.2, 0.25) is 5.91 Å². The van der Waals surface area contributed by atoms with Gasteiger partial charge in [0, 0.05) is 13.6 Å². The van der Waals surface area contributed by atoms with Crippen LogP contribution in [-0.4, -0.2) is 31.2 Å². The molecule has 0 radical (unpaired) electrons. The van der Waals surface area contributed by atoms with E-state index in [9.17, 15) is 9.59 Å². The van der Waals surface area contributed by atoms with Crippen LogP contribution in [0.2, 0.25) is 0 Å². The highest BCUT2D eigenvalue weighted by Gasteiger charge is 2.36. The van der Waals surface area contributed by atoms with E-state index >= 15 is 0 Å². The van der Waals surface area contributed by atoms with Crippen LogP contribution in [0.5, 0.6) is 0 Å². The highest BCUT2D eigenvalue weighted by atomic mass is 16.6. The molecule has 0 heterocycles. The Balaban J connectivity index is 2.36. The van der Waals surface area contributed by atoms with Gasteiger partial charge in [0.1, 0.15) is 5.60 Å². The lowest BCUT2D eigenvalue weighted by molar-refractivity contribution is -0.124. The second-order valence-electron chi connectivity index (χ2n) is 5.44. The highest BCUT2D eigenvalue weighted by Crippen LogP contribution is 2.36. The molecule has 1 atom stereocenters. The maximum absolute atomic E-state index is 11.6. The molecule has 1 saturated carbocycles. The lowest BCUT2D eigenvalue weighted by atomic mass is 10.0. The van der Waals surface area contributed by atoms with Crippen LogP contribution < -0.4 is 10.6 Å². The van der Waals surface area contributed by atoms with Gasteiger partial charge in [-0.2, -0.15) is 0 Å². The molecule has 1 fully saturated rings. The molecule has 1 rings (SSSR count). The predicted octanol–water partition coefficient (Wildman–Crippen LogP) is 1.28. The molecule has 1 aliphatic rings. The lowest BCUT2D eigenvalue weighted by Gasteiger charge is -2.21. The molecule has 0 aromatic rings. The van der Waals surface area contributed by atoms with Gasteiger partial charge in [-0.3, -0.25) is 4.79 Å². The van der Waals surface area contributed by atoms with E-state index in [1.54, 1.807) is 7.05 Å². The second kappa shape index (κ2) is 5.38. The van der Waals surface area contributed by atoms with Crippen molar-refractivity contribution >= 4 is 12.0 Å². The van der Waals surface area contributed by atoms with Crippen LogP contribution in [0.15, 0.2) is 0 Å². The van der Waals surface area contributed by atoms with Crippen molar-refractivity contribution in [2.45, 2.75) is 39.2 Å². The van der Waals surface area contributed by atoms with Crippen LogP contribution in [0.3, 0.4) is 0 Å². The largest absolute Gasteiger partial charge is 0.444 e. The van der Waals surface area contributed by atoms with Crippen molar-refractivity contribution in [2.24, 2.45) is 11.8 Å². The van der Waals surface area contributed by atoms with Gasteiger partial charge in [-0.1, -0.05) is 0 Å². The molecule has 0 unspecified atom stereocenters. The van der Waals surface area contributed by atoms with Crippen molar-refractivity contribution in [2.75, 3.05) is 13.6 Å². The average molecular weight is 242 g/mol. The summed E-state index contributed by atoms with van der Waals surface area (Å²) >= 11 is 0. The Morgan fingerprint density at radius 3 is 2.35 bits per heavy atom. The third-order valence-corrected chi connectivity index (χ3v) is 2.64. The molecule has 0 aliphatic heterocycles. The molecule has 2 N–H and O–H groups in total. The summed E-state index contributed by atoms with van der Waals surface area (Å²) in [7, 11) is 1.62. The minimum atomic E-state index is -0.508. The fourth-order valence-corrected chi connectivity index (χ4v) is 1.66. The van der Waals surface area contributed by atoms with E-state index in [4.69, 9.17) is 4.74 Å². The van der Waals surface area contributed by atoms with Gasteiger partial charge >= 0.3 is 6.09 Å². The first-order chi connectivity index (χ1) is 7.83. The van der Waals surface area contributed by atoms with E-state index < -0.39 is 11.7 Å². The SMILES string of the molecule is CNC(=O)[C@@H](CNC(=O)OC(C)(C)C)C1CC1. The lowest BCUT2D eigenvalue weighted by Crippen LogP contribution is -2.40. The van der Waals surface area contributed by atoms with Gasteiger partial charge in [0.25, 0.3) is 0 Å². The normalized spacial score (nSPS) is 17.2. The van der Waals surface area contributed by atoms with Crippen LogP contribution in [-0.2, 0) is 9.53 Å². The smallest absolute Gasteiger partial charge is 0.407 e. The number of ether oxygens (including phenoxy) is 1. The highest BCUT2D eigenvalue weighted by molar-refractivity contribution is 5.80. The summed E-state index contributed by atoms with van der Waals surface area (Å²) in [4.78, 5) is 23.0. The zero-order valence-electron chi connectivity index (χ0n) is 11.0. The summed E-state index contributed by atoms with van der Waals surface area (Å²) in [5.74, 6) is 0.265. The van der Waals surface area contributed by atoms with E-state index in [1.165, 1.54) is 0 Å². The van der Waals surface area contributed by atoms with E-state index in [0.29, 0.717) is 12.5 Å².